The van der Waals surface area contributed by atoms with Crippen LogP contribution in [0, 0.1) is 13.8 Å². The number of fused-ring (bicyclic) bond motifs is 1. The van der Waals surface area contributed by atoms with E-state index in [0.717, 1.165) is 29.7 Å². The van der Waals surface area contributed by atoms with Crippen molar-refractivity contribution in [1.29, 1.82) is 0 Å². The van der Waals surface area contributed by atoms with Crippen LogP contribution < -0.4 is 10.1 Å². The first kappa shape index (κ1) is 16.6. The van der Waals surface area contributed by atoms with Crippen molar-refractivity contribution in [2.45, 2.75) is 39.5 Å². The Balaban J connectivity index is 1.51. The van der Waals surface area contributed by atoms with E-state index < -0.39 is 0 Å². The first-order chi connectivity index (χ1) is 11.6. The Morgan fingerprint density at radius 3 is 2.67 bits per heavy atom. The first-order valence-electron chi connectivity index (χ1n) is 8.73. The van der Waals surface area contributed by atoms with E-state index in [2.05, 4.69) is 29.6 Å². The predicted octanol–water partition coefficient (Wildman–Crippen LogP) is 3.99. The van der Waals surface area contributed by atoms with Crippen LogP contribution in [0.5, 0.6) is 5.75 Å². The minimum atomic E-state index is -0.0204. The number of carbonyl (C=O) groups excluding carboxylic acids is 1. The molecule has 0 unspecified atom stereocenters. The number of hydrogen-bond donors (Lipinski definition) is 1. The summed E-state index contributed by atoms with van der Waals surface area (Å²) in [6.07, 6.45) is 4.71. The molecule has 3 nitrogen and oxygen atoms in total. The average Bonchev–Trinajstić information content (AvgIpc) is 2.61. The fourth-order valence-electron chi connectivity index (χ4n) is 3.17. The van der Waals surface area contributed by atoms with Crippen LogP contribution in [0.25, 0.3) is 0 Å². The Kier molecular flexibility index (Phi) is 5.19. The van der Waals surface area contributed by atoms with Crippen molar-refractivity contribution in [1.82, 2.24) is 5.32 Å². The Morgan fingerprint density at radius 2 is 1.83 bits per heavy atom. The molecule has 1 aliphatic rings. The summed E-state index contributed by atoms with van der Waals surface area (Å²) in [6, 6.07) is 12.2. The van der Waals surface area contributed by atoms with Crippen molar-refractivity contribution >= 4 is 5.91 Å². The highest BCUT2D eigenvalue weighted by molar-refractivity contribution is 5.94. The summed E-state index contributed by atoms with van der Waals surface area (Å²) in [7, 11) is 0. The summed E-state index contributed by atoms with van der Waals surface area (Å²) in [5.41, 5.74) is 5.77. The maximum atomic E-state index is 12.3. The fourth-order valence-corrected chi connectivity index (χ4v) is 3.17. The van der Waals surface area contributed by atoms with E-state index in [-0.39, 0.29) is 5.91 Å². The van der Waals surface area contributed by atoms with Crippen LogP contribution in [-0.4, -0.2) is 19.1 Å². The van der Waals surface area contributed by atoms with Gasteiger partial charge in [0, 0.05) is 5.56 Å². The van der Waals surface area contributed by atoms with Crippen LogP contribution in [0.4, 0.5) is 0 Å². The van der Waals surface area contributed by atoms with Gasteiger partial charge in [-0.05, 0) is 80.0 Å². The molecule has 0 heterocycles. The molecule has 0 bridgehead atoms. The second kappa shape index (κ2) is 7.52. The fraction of sp³-hybridized carbons (Fsp3) is 0.381. The number of ether oxygens (including phenoxy) is 1. The number of nitrogens with one attached hydrogen (secondary N) is 1. The number of carbonyl (C=O) groups is 1. The van der Waals surface area contributed by atoms with Crippen LogP contribution in [-0.2, 0) is 12.8 Å². The summed E-state index contributed by atoms with van der Waals surface area (Å²) in [5.74, 6) is 0.867. The van der Waals surface area contributed by atoms with Gasteiger partial charge in [0.1, 0.15) is 12.4 Å². The predicted molar refractivity (Wildman–Crippen MR) is 96.8 cm³/mol. The number of amides is 1. The van der Waals surface area contributed by atoms with E-state index >= 15 is 0 Å². The third kappa shape index (κ3) is 3.97. The van der Waals surface area contributed by atoms with Gasteiger partial charge in [0.05, 0.1) is 6.54 Å². The summed E-state index contributed by atoms with van der Waals surface area (Å²) in [5, 5.41) is 2.95. The molecule has 2 aromatic carbocycles. The van der Waals surface area contributed by atoms with Gasteiger partial charge in [-0.1, -0.05) is 18.2 Å². The molecule has 0 aliphatic heterocycles. The lowest BCUT2D eigenvalue weighted by molar-refractivity contribution is 0.0947. The maximum Gasteiger partial charge on any atom is 0.251 e. The molecular weight excluding hydrogens is 298 g/mol. The number of hydrogen-bond acceptors (Lipinski definition) is 2. The molecule has 3 rings (SSSR count). The molecule has 2 aromatic rings. The smallest absolute Gasteiger partial charge is 0.251 e. The zero-order valence-electron chi connectivity index (χ0n) is 14.5. The molecule has 126 valence electrons. The Bertz CT molecular complexity index is 737. The molecule has 0 aromatic heterocycles. The van der Waals surface area contributed by atoms with Crippen molar-refractivity contribution in [3.8, 4) is 5.75 Å². The molecule has 0 saturated heterocycles. The van der Waals surface area contributed by atoms with Gasteiger partial charge in [-0.3, -0.25) is 4.79 Å². The second-order valence-electron chi connectivity index (χ2n) is 6.56. The SMILES string of the molecule is Cc1ccc(C)c(OCCNC(=O)c2ccc3c(c2)CCCC3)c1. The number of benzene rings is 2. The van der Waals surface area contributed by atoms with Crippen LogP contribution in [0.2, 0.25) is 0 Å². The molecule has 0 radical (unpaired) electrons. The van der Waals surface area contributed by atoms with Crippen molar-refractivity contribution in [3.63, 3.8) is 0 Å². The summed E-state index contributed by atoms with van der Waals surface area (Å²) >= 11 is 0. The zero-order valence-corrected chi connectivity index (χ0v) is 14.5. The third-order valence-electron chi connectivity index (χ3n) is 4.60. The van der Waals surface area contributed by atoms with Crippen molar-refractivity contribution in [2.24, 2.45) is 0 Å². The van der Waals surface area contributed by atoms with Gasteiger partial charge in [0.15, 0.2) is 0 Å². The second-order valence-corrected chi connectivity index (χ2v) is 6.56. The van der Waals surface area contributed by atoms with Crippen molar-refractivity contribution in [3.05, 3.63) is 64.2 Å². The van der Waals surface area contributed by atoms with E-state index in [0.29, 0.717) is 13.2 Å². The van der Waals surface area contributed by atoms with Gasteiger partial charge in [0.2, 0.25) is 0 Å². The highest BCUT2D eigenvalue weighted by Gasteiger charge is 2.12. The molecule has 0 atom stereocenters. The van der Waals surface area contributed by atoms with Gasteiger partial charge in [0.25, 0.3) is 5.91 Å². The van der Waals surface area contributed by atoms with Gasteiger partial charge in [-0.25, -0.2) is 0 Å². The lowest BCUT2D eigenvalue weighted by Crippen LogP contribution is -2.28. The third-order valence-corrected chi connectivity index (χ3v) is 4.60. The molecule has 1 N–H and O–H groups in total. The lowest BCUT2D eigenvalue weighted by Gasteiger charge is -2.16. The van der Waals surface area contributed by atoms with Crippen LogP contribution in [0.15, 0.2) is 36.4 Å². The molecule has 1 amide bonds. The highest BCUT2D eigenvalue weighted by atomic mass is 16.5. The van der Waals surface area contributed by atoms with Crippen LogP contribution in [0.3, 0.4) is 0 Å². The first-order valence-corrected chi connectivity index (χ1v) is 8.73. The number of rotatable bonds is 5. The summed E-state index contributed by atoms with van der Waals surface area (Å²) < 4.78 is 5.78. The van der Waals surface area contributed by atoms with E-state index in [4.69, 9.17) is 4.74 Å². The van der Waals surface area contributed by atoms with Gasteiger partial charge < -0.3 is 10.1 Å². The van der Waals surface area contributed by atoms with E-state index in [1.54, 1.807) is 0 Å². The number of aryl methyl sites for hydroxylation is 4. The van der Waals surface area contributed by atoms with Crippen LogP contribution >= 0.6 is 0 Å². The molecule has 0 fully saturated rings. The van der Waals surface area contributed by atoms with E-state index in [9.17, 15) is 4.79 Å². The maximum absolute atomic E-state index is 12.3. The molecule has 1 aliphatic carbocycles. The molecule has 24 heavy (non-hydrogen) atoms. The largest absolute Gasteiger partial charge is 0.491 e. The molecule has 0 saturated carbocycles. The summed E-state index contributed by atoms with van der Waals surface area (Å²) in [4.78, 5) is 12.3. The quantitative estimate of drug-likeness (QED) is 0.845. The lowest BCUT2D eigenvalue weighted by atomic mass is 9.90. The Labute approximate surface area is 144 Å². The highest BCUT2D eigenvalue weighted by Crippen LogP contribution is 2.22. The van der Waals surface area contributed by atoms with E-state index in [1.807, 2.05) is 26.0 Å². The topological polar surface area (TPSA) is 38.3 Å². The normalized spacial score (nSPS) is 13.2. The van der Waals surface area contributed by atoms with Crippen molar-refractivity contribution in [2.75, 3.05) is 13.2 Å². The Morgan fingerprint density at radius 1 is 1.04 bits per heavy atom. The molecule has 3 heteroatoms. The summed E-state index contributed by atoms with van der Waals surface area (Å²) in [6.45, 7) is 5.05. The molecular formula is C21H25NO2. The van der Waals surface area contributed by atoms with Gasteiger partial charge in [-0.2, -0.15) is 0 Å². The minimum absolute atomic E-state index is 0.0204. The monoisotopic (exact) mass is 323 g/mol. The Hall–Kier alpha value is -2.29. The van der Waals surface area contributed by atoms with E-state index in [1.165, 1.54) is 29.5 Å². The molecule has 0 spiro atoms. The van der Waals surface area contributed by atoms with Crippen molar-refractivity contribution < 1.29 is 9.53 Å². The van der Waals surface area contributed by atoms with Gasteiger partial charge >= 0.3 is 0 Å². The van der Waals surface area contributed by atoms with Crippen LogP contribution in [0.1, 0.15) is 45.5 Å². The van der Waals surface area contributed by atoms with Gasteiger partial charge in [-0.15, -0.1) is 0 Å². The average molecular weight is 323 g/mol. The standard InChI is InChI=1S/C21H25NO2/c1-15-7-8-16(2)20(13-15)24-12-11-22-21(23)19-10-9-17-5-3-4-6-18(17)14-19/h7-10,13-14H,3-6,11-12H2,1-2H3,(H,22,23). The zero-order chi connectivity index (χ0) is 16.9. The minimum Gasteiger partial charge on any atom is -0.491 e.